The first-order valence-electron chi connectivity index (χ1n) is 6.90. The number of rotatable bonds is 2. The molecule has 1 fully saturated rings. The van der Waals surface area contributed by atoms with E-state index in [1.807, 2.05) is 18.2 Å². The number of benzene rings is 1. The number of nitrogens with one attached hydrogen (secondary N) is 1. The van der Waals surface area contributed by atoms with Crippen molar-refractivity contribution >= 4 is 24.2 Å². The Labute approximate surface area is 113 Å². The van der Waals surface area contributed by atoms with Gasteiger partial charge in [0.1, 0.15) is 0 Å². The van der Waals surface area contributed by atoms with Crippen molar-refractivity contribution in [2.24, 2.45) is 5.92 Å². The van der Waals surface area contributed by atoms with E-state index >= 15 is 0 Å². The third-order valence-electron chi connectivity index (χ3n) is 4.08. The minimum Gasteiger partial charge on any atom is -0.423 e. The summed E-state index contributed by atoms with van der Waals surface area (Å²) in [6.45, 7) is 1.47. The van der Waals surface area contributed by atoms with E-state index in [1.54, 1.807) is 0 Å². The molecule has 2 N–H and O–H groups in total. The zero-order chi connectivity index (χ0) is 13.4. The van der Waals surface area contributed by atoms with E-state index in [2.05, 4.69) is 5.32 Å². The first kappa shape index (κ1) is 12.7. The van der Waals surface area contributed by atoms with E-state index in [0.717, 1.165) is 11.0 Å². The lowest BCUT2D eigenvalue weighted by Gasteiger charge is -2.19. The molecule has 0 aromatic heterocycles. The third-order valence-corrected chi connectivity index (χ3v) is 4.08. The fourth-order valence-electron chi connectivity index (χ4n) is 3.24. The molecular formula is C14H18BNO3. The van der Waals surface area contributed by atoms with E-state index in [9.17, 15) is 9.82 Å². The number of hydrogen-bond donors (Lipinski definition) is 2. The van der Waals surface area contributed by atoms with Gasteiger partial charge in [-0.3, -0.25) is 4.79 Å². The second-order valence-corrected chi connectivity index (χ2v) is 5.48. The minimum atomic E-state index is -0.866. The Morgan fingerprint density at radius 2 is 2.16 bits per heavy atom. The molecule has 3 rings (SSSR count). The van der Waals surface area contributed by atoms with E-state index < -0.39 is 7.12 Å². The van der Waals surface area contributed by atoms with Gasteiger partial charge in [-0.05, 0) is 41.9 Å². The Morgan fingerprint density at radius 1 is 1.42 bits per heavy atom. The zero-order valence-electron chi connectivity index (χ0n) is 11.1. The third kappa shape index (κ3) is 2.40. The molecule has 1 aliphatic heterocycles. The summed E-state index contributed by atoms with van der Waals surface area (Å²) < 4.78 is 5.72. The summed E-state index contributed by atoms with van der Waals surface area (Å²) in [6, 6.07) is 5.67. The van der Waals surface area contributed by atoms with Crippen molar-refractivity contribution in [3.8, 4) is 0 Å². The lowest BCUT2D eigenvalue weighted by molar-refractivity contribution is -0.114. The van der Waals surface area contributed by atoms with Crippen molar-refractivity contribution in [1.29, 1.82) is 0 Å². The van der Waals surface area contributed by atoms with E-state index in [1.165, 1.54) is 32.6 Å². The molecule has 19 heavy (non-hydrogen) atoms. The monoisotopic (exact) mass is 259 g/mol. The van der Waals surface area contributed by atoms with E-state index in [0.29, 0.717) is 11.6 Å². The predicted molar refractivity (Wildman–Crippen MR) is 74.1 cm³/mol. The molecule has 4 nitrogen and oxygen atoms in total. The molecule has 5 heteroatoms. The van der Waals surface area contributed by atoms with Crippen LogP contribution < -0.4 is 10.8 Å². The summed E-state index contributed by atoms with van der Waals surface area (Å²) in [5.41, 5.74) is 2.58. The maximum absolute atomic E-state index is 11.1. The maximum Gasteiger partial charge on any atom is 0.492 e. The van der Waals surface area contributed by atoms with Gasteiger partial charge in [0.15, 0.2) is 0 Å². The van der Waals surface area contributed by atoms with Crippen LogP contribution in [0.4, 0.5) is 5.69 Å². The SMILES string of the molecule is CC(=O)Nc1ccc2c(c1)B(O)OC2C1CCCC1. The van der Waals surface area contributed by atoms with Gasteiger partial charge in [0.25, 0.3) is 0 Å². The standard InChI is InChI=1S/C14H18BNO3/c1-9(17)16-11-6-7-12-13(8-11)15(18)19-14(12)10-4-2-3-5-10/h6-8,10,14,18H,2-5H2,1H3,(H,16,17). The van der Waals surface area contributed by atoms with Crippen LogP contribution >= 0.6 is 0 Å². The Kier molecular flexibility index (Phi) is 3.33. The van der Waals surface area contributed by atoms with Gasteiger partial charge in [0, 0.05) is 12.6 Å². The number of carbonyl (C=O) groups excluding carboxylic acids is 1. The molecule has 1 aromatic rings. The first-order valence-corrected chi connectivity index (χ1v) is 6.90. The van der Waals surface area contributed by atoms with Crippen LogP contribution in [0, 0.1) is 5.92 Å². The van der Waals surface area contributed by atoms with Crippen molar-refractivity contribution in [2.45, 2.75) is 38.7 Å². The number of anilines is 1. The van der Waals surface area contributed by atoms with Gasteiger partial charge in [-0.25, -0.2) is 0 Å². The van der Waals surface area contributed by atoms with Gasteiger partial charge >= 0.3 is 7.12 Å². The molecule has 0 saturated heterocycles. The second-order valence-electron chi connectivity index (χ2n) is 5.48. The van der Waals surface area contributed by atoms with Gasteiger partial charge < -0.3 is 15.0 Å². The molecule has 1 aliphatic carbocycles. The Morgan fingerprint density at radius 3 is 2.84 bits per heavy atom. The molecule has 1 unspecified atom stereocenters. The average Bonchev–Trinajstić information content (AvgIpc) is 2.97. The van der Waals surface area contributed by atoms with Crippen LogP contribution in [0.2, 0.25) is 0 Å². The van der Waals surface area contributed by atoms with Crippen LogP contribution in [-0.4, -0.2) is 18.0 Å². The van der Waals surface area contributed by atoms with Crippen LogP contribution in [0.1, 0.15) is 44.3 Å². The predicted octanol–water partition coefficient (Wildman–Crippen LogP) is 1.59. The average molecular weight is 259 g/mol. The number of amides is 1. The van der Waals surface area contributed by atoms with Crippen LogP contribution in [0.5, 0.6) is 0 Å². The van der Waals surface area contributed by atoms with Crippen LogP contribution in [-0.2, 0) is 9.45 Å². The smallest absolute Gasteiger partial charge is 0.423 e. The van der Waals surface area contributed by atoms with Gasteiger partial charge in [-0.2, -0.15) is 0 Å². The van der Waals surface area contributed by atoms with Crippen molar-refractivity contribution in [2.75, 3.05) is 5.32 Å². The largest absolute Gasteiger partial charge is 0.492 e. The maximum atomic E-state index is 11.1. The van der Waals surface area contributed by atoms with Crippen LogP contribution in [0.3, 0.4) is 0 Å². The summed E-state index contributed by atoms with van der Waals surface area (Å²) in [4.78, 5) is 11.1. The minimum absolute atomic E-state index is 0.0129. The van der Waals surface area contributed by atoms with Crippen LogP contribution in [0.15, 0.2) is 18.2 Å². The molecule has 1 aromatic carbocycles. The Bertz CT molecular complexity index is 499. The normalized spacial score (nSPS) is 22.6. The number of hydrogen-bond acceptors (Lipinski definition) is 3. The molecule has 1 heterocycles. The quantitative estimate of drug-likeness (QED) is 0.793. The van der Waals surface area contributed by atoms with Crippen molar-refractivity contribution in [3.05, 3.63) is 23.8 Å². The first-order chi connectivity index (χ1) is 9.15. The lowest BCUT2D eigenvalue weighted by atomic mass is 9.78. The number of fused-ring (bicyclic) bond motifs is 1. The highest BCUT2D eigenvalue weighted by atomic mass is 16.5. The molecular weight excluding hydrogens is 241 g/mol. The molecule has 1 atom stereocenters. The Balaban J connectivity index is 1.88. The van der Waals surface area contributed by atoms with Gasteiger partial charge in [0.2, 0.25) is 5.91 Å². The van der Waals surface area contributed by atoms with Crippen molar-refractivity contribution in [1.82, 2.24) is 0 Å². The van der Waals surface area contributed by atoms with Gasteiger partial charge in [-0.1, -0.05) is 18.9 Å². The zero-order valence-corrected chi connectivity index (χ0v) is 11.1. The van der Waals surface area contributed by atoms with E-state index in [-0.39, 0.29) is 12.0 Å². The molecule has 0 spiro atoms. The summed E-state index contributed by atoms with van der Waals surface area (Å²) in [6.07, 6.45) is 4.85. The van der Waals surface area contributed by atoms with E-state index in [4.69, 9.17) is 4.65 Å². The fraction of sp³-hybridized carbons (Fsp3) is 0.500. The summed E-state index contributed by atoms with van der Waals surface area (Å²) in [7, 11) is -0.866. The highest BCUT2D eigenvalue weighted by Gasteiger charge is 2.40. The number of carbonyl (C=O) groups is 1. The van der Waals surface area contributed by atoms with Gasteiger partial charge in [-0.15, -0.1) is 0 Å². The molecule has 0 radical (unpaired) electrons. The topological polar surface area (TPSA) is 58.6 Å². The molecule has 1 amide bonds. The summed E-state index contributed by atoms with van der Waals surface area (Å²) in [5, 5.41) is 12.8. The summed E-state index contributed by atoms with van der Waals surface area (Å²) in [5.74, 6) is 0.406. The molecule has 1 saturated carbocycles. The molecule has 2 aliphatic rings. The molecule has 100 valence electrons. The highest BCUT2D eigenvalue weighted by molar-refractivity contribution is 6.62. The van der Waals surface area contributed by atoms with Gasteiger partial charge in [0.05, 0.1) is 6.10 Å². The second kappa shape index (κ2) is 4.98. The van der Waals surface area contributed by atoms with Crippen molar-refractivity contribution in [3.63, 3.8) is 0 Å². The molecule has 0 bridgehead atoms. The summed E-state index contributed by atoms with van der Waals surface area (Å²) >= 11 is 0. The fourth-order valence-corrected chi connectivity index (χ4v) is 3.24. The van der Waals surface area contributed by atoms with Crippen molar-refractivity contribution < 1.29 is 14.5 Å². The highest BCUT2D eigenvalue weighted by Crippen LogP contribution is 2.40. The lowest BCUT2D eigenvalue weighted by Crippen LogP contribution is -2.28. The van der Waals surface area contributed by atoms with Crippen LogP contribution in [0.25, 0.3) is 0 Å². The Hall–Kier alpha value is -1.33.